The molecule has 5 aliphatic rings. The summed E-state index contributed by atoms with van der Waals surface area (Å²) in [4.78, 5) is 13.9. The molecule has 5 fully saturated rings. The molecule has 1 nitrogen and oxygen atoms in total. The predicted molar refractivity (Wildman–Crippen MR) is 176 cm³/mol. The molecule has 5 rings (SSSR count). The van der Waals surface area contributed by atoms with Crippen LogP contribution in [-0.2, 0) is 4.79 Å². The SMILES string of the molecule is CCCCCCC[C@H]1CC[C@H](C2CCC3(CC2)C(=O)C2(CCC([C@H]4CC[C@H](CCCCCCC)CC4)CC2)C3F)CC1. The van der Waals surface area contributed by atoms with Crippen LogP contribution >= 0.6 is 0 Å². The van der Waals surface area contributed by atoms with Crippen LogP contribution in [0.3, 0.4) is 0 Å². The number of carbonyl (C=O) groups excluding carboxylic acids is 1. The monoisotopic (exact) mass is 585 g/mol. The van der Waals surface area contributed by atoms with Gasteiger partial charge in [0, 0.05) is 0 Å². The Bertz CT molecular complexity index is 722. The Kier molecular flexibility index (Phi) is 12.4. The van der Waals surface area contributed by atoms with Gasteiger partial charge >= 0.3 is 0 Å². The summed E-state index contributed by atoms with van der Waals surface area (Å²) >= 11 is 0. The van der Waals surface area contributed by atoms with Crippen LogP contribution in [0.25, 0.3) is 0 Å². The molecule has 0 aromatic carbocycles. The van der Waals surface area contributed by atoms with Crippen LogP contribution in [0.2, 0.25) is 0 Å². The zero-order valence-corrected chi connectivity index (χ0v) is 28.1. The third-order valence-electron chi connectivity index (χ3n) is 14.3. The van der Waals surface area contributed by atoms with Crippen LogP contribution in [0.1, 0.15) is 194 Å². The minimum Gasteiger partial charge on any atom is -0.298 e. The zero-order valence-electron chi connectivity index (χ0n) is 28.1. The number of carbonyl (C=O) groups is 1. The fourth-order valence-electron chi connectivity index (χ4n) is 11.4. The first-order valence-corrected chi connectivity index (χ1v) is 19.7. The molecule has 0 unspecified atom stereocenters. The van der Waals surface area contributed by atoms with Crippen LogP contribution in [0.4, 0.5) is 4.39 Å². The molecule has 5 saturated carbocycles. The van der Waals surface area contributed by atoms with Gasteiger partial charge < -0.3 is 0 Å². The molecule has 0 radical (unpaired) electrons. The van der Waals surface area contributed by atoms with Gasteiger partial charge in [0.1, 0.15) is 6.17 Å². The topological polar surface area (TPSA) is 17.1 Å². The van der Waals surface area contributed by atoms with Crippen molar-refractivity contribution in [3.8, 4) is 0 Å². The lowest BCUT2D eigenvalue weighted by Gasteiger charge is -2.62. The number of ketones is 1. The largest absolute Gasteiger partial charge is 0.298 e. The lowest BCUT2D eigenvalue weighted by molar-refractivity contribution is -0.194. The van der Waals surface area contributed by atoms with Crippen molar-refractivity contribution in [2.24, 2.45) is 46.3 Å². The van der Waals surface area contributed by atoms with Gasteiger partial charge in [-0.25, -0.2) is 4.39 Å². The van der Waals surface area contributed by atoms with Crippen LogP contribution in [0, 0.1) is 46.3 Å². The van der Waals surface area contributed by atoms with E-state index in [1.165, 1.54) is 128 Å². The summed E-state index contributed by atoms with van der Waals surface area (Å²) in [5.74, 6) is 5.55. The van der Waals surface area contributed by atoms with Crippen LogP contribution < -0.4 is 0 Å². The third kappa shape index (κ3) is 7.35. The summed E-state index contributed by atoms with van der Waals surface area (Å²) < 4.78 is 16.3. The molecule has 5 aliphatic carbocycles. The molecule has 0 N–H and O–H groups in total. The highest BCUT2D eigenvalue weighted by Gasteiger charge is 2.71. The van der Waals surface area contributed by atoms with Gasteiger partial charge in [-0.05, 0) is 113 Å². The van der Waals surface area contributed by atoms with Crippen molar-refractivity contribution in [2.45, 2.75) is 200 Å². The zero-order chi connectivity index (χ0) is 29.4. The van der Waals surface area contributed by atoms with Gasteiger partial charge in [-0.15, -0.1) is 0 Å². The third-order valence-corrected chi connectivity index (χ3v) is 14.3. The number of hydrogen-bond donors (Lipinski definition) is 0. The van der Waals surface area contributed by atoms with E-state index in [0.29, 0.717) is 5.78 Å². The van der Waals surface area contributed by atoms with Gasteiger partial charge in [-0.1, -0.05) is 117 Å². The highest BCUT2D eigenvalue weighted by atomic mass is 19.1. The van der Waals surface area contributed by atoms with Crippen LogP contribution in [0.5, 0.6) is 0 Å². The first-order valence-electron chi connectivity index (χ1n) is 19.7. The Hall–Kier alpha value is -0.400. The summed E-state index contributed by atoms with van der Waals surface area (Å²) in [6.45, 7) is 4.60. The maximum Gasteiger partial charge on any atom is 0.151 e. The molecule has 2 spiro atoms. The van der Waals surface area contributed by atoms with E-state index in [4.69, 9.17) is 0 Å². The maximum absolute atomic E-state index is 16.3. The molecule has 0 aliphatic heterocycles. The minimum absolute atomic E-state index is 0.387. The molecule has 0 amide bonds. The molecule has 242 valence electrons. The van der Waals surface area contributed by atoms with E-state index in [9.17, 15) is 4.79 Å². The lowest BCUT2D eigenvalue weighted by atomic mass is 9.41. The quantitative estimate of drug-likeness (QED) is 0.186. The van der Waals surface area contributed by atoms with E-state index < -0.39 is 17.0 Å². The smallest absolute Gasteiger partial charge is 0.151 e. The van der Waals surface area contributed by atoms with Crippen molar-refractivity contribution >= 4 is 5.78 Å². The molecular formula is C40H69FO. The average molecular weight is 585 g/mol. The van der Waals surface area contributed by atoms with E-state index in [1.54, 1.807) is 0 Å². The van der Waals surface area contributed by atoms with Gasteiger partial charge in [0.05, 0.1) is 10.8 Å². The molecule has 0 bridgehead atoms. The minimum atomic E-state index is -0.841. The Morgan fingerprint density at radius 1 is 0.500 bits per heavy atom. The molecule has 0 aromatic rings. The van der Waals surface area contributed by atoms with Crippen molar-refractivity contribution in [3.05, 3.63) is 0 Å². The van der Waals surface area contributed by atoms with Gasteiger partial charge in [0.2, 0.25) is 0 Å². The summed E-state index contributed by atoms with van der Waals surface area (Å²) in [5, 5.41) is 0. The number of rotatable bonds is 14. The summed E-state index contributed by atoms with van der Waals surface area (Å²) in [7, 11) is 0. The normalized spacial score (nSPS) is 40.8. The van der Waals surface area contributed by atoms with Crippen molar-refractivity contribution in [3.63, 3.8) is 0 Å². The second-order valence-electron chi connectivity index (χ2n) is 16.6. The fourth-order valence-corrected chi connectivity index (χ4v) is 11.4. The number of Topliss-reactive ketones (excluding diaryl/α,β-unsaturated/α-hetero) is 1. The highest BCUT2D eigenvalue weighted by molar-refractivity contribution is 5.98. The Labute approximate surface area is 260 Å². The summed E-state index contributed by atoms with van der Waals surface area (Å²) in [6.07, 6.45) is 35.4. The van der Waals surface area contributed by atoms with Crippen molar-refractivity contribution in [1.29, 1.82) is 0 Å². The first kappa shape index (κ1) is 33.0. The van der Waals surface area contributed by atoms with Crippen LogP contribution in [0.15, 0.2) is 0 Å². The fraction of sp³-hybridized carbons (Fsp3) is 0.975. The predicted octanol–water partition coefficient (Wildman–Crippen LogP) is 12.6. The van der Waals surface area contributed by atoms with E-state index in [0.717, 1.165) is 86.9 Å². The highest BCUT2D eigenvalue weighted by Crippen LogP contribution is 2.66. The van der Waals surface area contributed by atoms with Crippen molar-refractivity contribution in [2.75, 3.05) is 0 Å². The molecule has 42 heavy (non-hydrogen) atoms. The number of hydrogen-bond acceptors (Lipinski definition) is 1. The van der Waals surface area contributed by atoms with Gasteiger partial charge in [0.25, 0.3) is 0 Å². The van der Waals surface area contributed by atoms with Crippen LogP contribution in [-0.4, -0.2) is 12.0 Å². The Morgan fingerprint density at radius 3 is 1.17 bits per heavy atom. The van der Waals surface area contributed by atoms with Crippen molar-refractivity contribution < 1.29 is 9.18 Å². The summed E-state index contributed by atoms with van der Waals surface area (Å²) in [5.41, 5.74) is -1.15. The van der Waals surface area contributed by atoms with E-state index in [2.05, 4.69) is 13.8 Å². The van der Waals surface area contributed by atoms with E-state index in [-0.39, 0.29) is 0 Å². The van der Waals surface area contributed by atoms with Crippen molar-refractivity contribution in [1.82, 2.24) is 0 Å². The average Bonchev–Trinajstić information content (AvgIpc) is 3.05. The van der Waals surface area contributed by atoms with E-state index >= 15 is 4.39 Å². The molecule has 0 heterocycles. The van der Waals surface area contributed by atoms with Gasteiger partial charge in [0.15, 0.2) is 5.78 Å². The number of unbranched alkanes of at least 4 members (excludes halogenated alkanes) is 8. The summed E-state index contributed by atoms with van der Waals surface area (Å²) in [6, 6.07) is 0. The molecule has 0 aromatic heterocycles. The van der Waals surface area contributed by atoms with E-state index in [1.807, 2.05) is 0 Å². The first-order chi connectivity index (χ1) is 20.5. The van der Waals surface area contributed by atoms with Gasteiger partial charge in [-0.2, -0.15) is 0 Å². The second-order valence-corrected chi connectivity index (χ2v) is 16.6. The lowest BCUT2D eigenvalue weighted by Crippen LogP contribution is -2.69. The molecule has 2 heteroatoms. The maximum atomic E-state index is 16.3. The standard InChI is InChI=1S/C40H69FO/c1-3-5-7-9-11-13-31-15-19-33(20-16-31)35-23-27-39(28-24-35)37(41)40(38(39)42)29-25-36(26-30-40)34-21-17-32(18-22-34)14-12-10-8-6-4-2/h31-37H,3-30H2,1-2H3/t31-,32-,33-,34-,35?,36?,37?,39?,40?. The molecule has 0 atom stereocenters. The Morgan fingerprint density at radius 2 is 0.833 bits per heavy atom. The Balaban J connectivity index is 0.992. The number of alkyl halides is 1. The van der Waals surface area contributed by atoms with Gasteiger partial charge in [-0.3, -0.25) is 4.79 Å². The second kappa shape index (κ2) is 15.7. The molecule has 0 saturated heterocycles. The molecular weight excluding hydrogens is 515 g/mol. The number of halogens is 1.